The second-order valence-corrected chi connectivity index (χ2v) is 5.52. The molecule has 0 amide bonds. The number of benzene rings is 2. The summed E-state index contributed by atoms with van der Waals surface area (Å²) in [6.07, 6.45) is 3.78. The number of hydrogen-bond donors (Lipinski definition) is 0. The predicted octanol–water partition coefficient (Wildman–Crippen LogP) is 4.54. The summed E-state index contributed by atoms with van der Waals surface area (Å²) in [5.74, 6) is 0.172. The standard InChI is InChI=1S/C20H19FN2O2/c1-3-23-18-11-8-15(20(24)25-4-2)13-17(18)22-19(23)12-7-14-5-9-16(21)10-6-14/h5-13H,3-4H2,1-2H3. The quantitative estimate of drug-likeness (QED) is 0.641. The van der Waals surface area contributed by atoms with E-state index in [1.54, 1.807) is 31.2 Å². The molecule has 25 heavy (non-hydrogen) atoms. The molecule has 5 heteroatoms. The molecule has 0 unspecified atom stereocenters. The summed E-state index contributed by atoms with van der Waals surface area (Å²) in [5.41, 5.74) is 3.08. The molecular formula is C20H19FN2O2. The van der Waals surface area contributed by atoms with Gasteiger partial charge in [0.05, 0.1) is 23.2 Å². The van der Waals surface area contributed by atoms with Crippen LogP contribution in [-0.2, 0) is 11.3 Å². The van der Waals surface area contributed by atoms with E-state index in [0.717, 1.165) is 29.0 Å². The van der Waals surface area contributed by atoms with Gasteiger partial charge in [0.15, 0.2) is 0 Å². The Hall–Kier alpha value is -2.95. The average Bonchev–Trinajstić information content (AvgIpc) is 2.98. The van der Waals surface area contributed by atoms with E-state index in [1.165, 1.54) is 12.1 Å². The van der Waals surface area contributed by atoms with E-state index in [1.807, 2.05) is 25.1 Å². The second kappa shape index (κ2) is 7.30. The smallest absolute Gasteiger partial charge is 0.338 e. The van der Waals surface area contributed by atoms with Crippen LogP contribution in [-0.4, -0.2) is 22.1 Å². The van der Waals surface area contributed by atoms with Crippen molar-refractivity contribution in [2.75, 3.05) is 6.61 Å². The molecule has 128 valence electrons. The molecule has 0 aliphatic carbocycles. The predicted molar refractivity (Wildman–Crippen MR) is 96.7 cm³/mol. The molecule has 2 aromatic carbocycles. The fraction of sp³-hybridized carbons (Fsp3) is 0.200. The van der Waals surface area contributed by atoms with E-state index >= 15 is 0 Å². The Balaban J connectivity index is 1.97. The number of rotatable bonds is 5. The van der Waals surface area contributed by atoms with Crippen molar-refractivity contribution >= 4 is 29.2 Å². The van der Waals surface area contributed by atoms with Crippen molar-refractivity contribution < 1.29 is 13.9 Å². The molecule has 0 N–H and O–H groups in total. The minimum absolute atomic E-state index is 0.260. The molecule has 3 rings (SSSR count). The van der Waals surface area contributed by atoms with Crippen LogP contribution in [0.5, 0.6) is 0 Å². The number of halogens is 1. The van der Waals surface area contributed by atoms with Gasteiger partial charge in [0.1, 0.15) is 11.6 Å². The Morgan fingerprint density at radius 2 is 1.92 bits per heavy atom. The van der Waals surface area contributed by atoms with Crippen LogP contribution < -0.4 is 0 Å². The molecule has 0 saturated heterocycles. The Kier molecular flexibility index (Phi) is 4.93. The molecule has 4 nitrogen and oxygen atoms in total. The van der Waals surface area contributed by atoms with Gasteiger partial charge < -0.3 is 9.30 Å². The summed E-state index contributed by atoms with van der Waals surface area (Å²) >= 11 is 0. The van der Waals surface area contributed by atoms with E-state index in [9.17, 15) is 9.18 Å². The monoisotopic (exact) mass is 338 g/mol. The lowest BCUT2D eigenvalue weighted by Gasteiger charge is -2.04. The van der Waals surface area contributed by atoms with Crippen molar-refractivity contribution in [3.05, 3.63) is 65.2 Å². The largest absolute Gasteiger partial charge is 0.462 e. The Morgan fingerprint density at radius 1 is 1.16 bits per heavy atom. The summed E-state index contributed by atoms with van der Waals surface area (Å²) in [4.78, 5) is 16.5. The lowest BCUT2D eigenvalue weighted by Crippen LogP contribution is -2.04. The zero-order chi connectivity index (χ0) is 17.8. The van der Waals surface area contributed by atoms with Gasteiger partial charge in [-0.3, -0.25) is 0 Å². The number of fused-ring (bicyclic) bond motifs is 1. The molecule has 0 aliphatic rings. The lowest BCUT2D eigenvalue weighted by molar-refractivity contribution is 0.0526. The van der Waals surface area contributed by atoms with Gasteiger partial charge in [-0.05, 0) is 55.8 Å². The third kappa shape index (κ3) is 3.60. The van der Waals surface area contributed by atoms with Gasteiger partial charge in [0, 0.05) is 6.54 Å². The third-order valence-electron chi connectivity index (χ3n) is 3.90. The first kappa shape index (κ1) is 16.9. The van der Waals surface area contributed by atoms with Gasteiger partial charge in [-0.25, -0.2) is 14.2 Å². The van der Waals surface area contributed by atoms with Crippen molar-refractivity contribution in [3.8, 4) is 0 Å². The van der Waals surface area contributed by atoms with Crippen LogP contribution >= 0.6 is 0 Å². The molecule has 0 atom stereocenters. The van der Waals surface area contributed by atoms with Crippen molar-refractivity contribution in [1.82, 2.24) is 9.55 Å². The molecule has 3 aromatic rings. The van der Waals surface area contributed by atoms with Crippen LogP contribution in [0.3, 0.4) is 0 Å². The van der Waals surface area contributed by atoms with Crippen LogP contribution in [0.25, 0.3) is 23.2 Å². The van der Waals surface area contributed by atoms with Crippen LogP contribution in [0.4, 0.5) is 4.39 Å². The van der Waals surface area contributed by atoms with Crippen LogP contribution in [0, 0.1) is 5.82 Å². The molecule has 0 saturated carbocycles. The molecule has 0 radical (unpaired) electrons. The summed E-state index contributed by atoms with van der Waals surface area (Å²) in [7, 11) is 0. The number of aryl methyl sites for hydroxylation is 1. The highest BCUT2D eigenvalue weighted by atomic mass is 19.1. The minimum atomic E-state index is -0.348. The summed E-state index contributed by atoms with van der Waals surface area (Å²) in [6, 6.07) is 11.7. The minimum Gasteiger partial charge on any atom is -0.462 e. The molecule has 0 fully saturated rings. The zero-order valence-corrected chi connectivity index (χ0v) is 14.2. The van der Waals surface area contributed by atoms with Crippen LogP contribution in [0.15, 0.2) is 42.5 Å². The van der Waals surface area contributed by atoms with Crippen molar-refractivity contribution in [3.63, 3.8) is 0 Å². The first-order chi connectivity index (χ1) is 12.1. The topological polar surface area (TPSA) is 44.1 Å². The summed E-state index contributed by atoms with van der Waals surface area (Å²) in [6.45, 7) is 4.90. The van der Waals surface area contributed by atoms with Crippen molar-refractivity contribution in [2.24, 2.45) is 0 Å². The number of esters is 1. The Morgan fingerprint density at radius 3 is 2.60 bits per heavy atom. The van der Waals surface area contributed by atoms with E-state index in [-0.39, 0.29) is 11.8 Å². The number of hydrogen-bond acceptors (Lipinski definition) is 3. The van der Waals surface area contributed by atoms with Gasteiger partial charge in [-0.1, -0.05) is 18.2 Å². The first-order valence-electron chi connectivity index (χ1n) is 8.23. The zero-order valence-electron chi connectivity index (χ0n) is 14.2. The number of carbonyl (C=O) groups is 1. The van der Waals surface area contributed by atoms with Crippen molar-refractivity contribution in [2.45, 2.75) is 20.4 Å². The summed E-state index contributed by atoms with van der Waals surface area (Å²) < 4.78 is 20.1. The maximum Gasteiger partial charge on any atom is 0.338 e. The van der Waals surface area contributed by atoms with Crippen molar-refractivity contribution in [1.29, 1.82) is 0 Å². The highest BCUT2D eigenvalue weighted by Crippen LogP contribution is 2.20. The van der Waals surface area contributed by atoms with E-state index in [4.69, 9.17) is 4.74 Å². The van der Waals surface area contributed by atoms with E-state index < -0.39 is 0 Å². The van der Waals surface area contributed by atoms with Gasteiger partial charge in [-0.15, -0.1) is 0 Å². The average molecular weight is 338 g/mol. The van der Waals surface area contributed by atoms with Crippen LogP contribution in [0.2, 0.25) is 0 Å². The fourth-order valence-corrected chi connectivity index (χ4v) is 2.69. The highest BCUT2D eigenvalue weighted by molar-refractivity contribution is 5.94. The number of imidazole rings is 1. The second-order valence-electron chi connectivity index (χ2n) is 5.52. The first-order valence-corrected chi connectivity index (χ1v) is 8.23. The SMILES string of the molecule is CCOC(=O)c1ccc2c(c1)nc(C=Cc1ccc(F)cc1)n2CC. The fourth-order valence-electron chi connectivity index (χ4n) is 2.69. The number of aromatic nitrogens is 2. The third-order valence-corrected chi connectivity index (χ3v) is 3.90. The van der Waals surface area contributed by atoms with Gasteiger partial charge in [-0.2, -0.15) is 0 Å². The van der Waals surface area contributed by atoms with Crippen LogP contribution in [0.1, 0.15) is 35.6 Å². The summed E-state index contributed by atoms with van der Waals surface area (Å²) in [5, 5.41) is 0. The van der Waals surface area contributed by atoms with E-state index in [0.29, 0.717) is 12.2 Å². The maximum atomic E-state index is 13.0. The lowest BCUT2D eigenvalue weighted by atomic mass is 10.2. The molecule has 1 aromatic heterocycles. The Labute approximate surface area is 145 Å². The van der Waals surface area contributed by atoms with E-state index in [2.05, 4.69) is 9.55 Å². The molecule has 0 aliphatic heterocycles. The number of carbonyl (C=O) groups excluding carboxylic acids is 1. The molecule has 0 spiro atoms. The van der Waals surface area contributed by atoms with Gasteiger partial charge in [0.2, 0.25) is 0 Å². The highest BCUT2D eigenvalue weighted by Gasteiger charge is 2.12. The molecular weight excluding hydrogens is 319 g/mol. The van der Waals surface area contributed by atoms with Gasteiger partial charge >= 0.3 is 5.97 Å². The number of nitrogens with zero attached hydrogens (tertiary/aromatic N) is 2. The normalized spacial score (nSPS) is 11.3. The number of ether oxygens (including phenoxy) is 1. The molecule has 1 heterocycles. The molecule has 0 bridgehead atoms. The van der Waals surface area contributed by atoms with Gasteiger partial charge in [0.25, 0.3) is 0 Å². The Bertz CT molecular complexity index is 927. The maximum absolute atomic E-state index is 13.0.